The monoisotopic (exact) mass is 446 g/mol. The summed E-state index contributed by atoms with van der Waals surface area (Å²) in [4.78, 5) is 23.8. The Balaban J connectivity index is 1.28. The van der Waals surface area contributed by atoms with Crippen LogP contribution in [0.25, 0.3) is 0 Å². The Morgan fingerprint density at radius 3 is 2.52 bits per heavy atom. The molecule has 7 heteroatoms. The SMILES string of the molecule is O=C(CN1Cc2ccccc2OC(c2ccccc2F)C1)N1CCN(c2ccccn2)CC1. The van der Waals surface area contributed by atoms with Gasteiger partial charge in [-0.1, -0.05) is 42.5 Å². The molecule has 1 atom stereocenters. The molecule has 5 rings (SSSR count). The zero-order valence-corrected chi connectivity index (χ0v) is 18.4. The minimum atomic E-state index is -0.483. The lowest BCUT2D eigenvalue weighted by molar-refractivity contribution is -0.133. The highest BCUT2D eigenvalue weighted by molar-refractivity contribution is 5.78. The lowest BCUT2D eigenvalue weighted by atomic mass is 10.1. The molecule has 0 N–H and O–H groups in total. The number of halogens is 1. The number of amides is 1. The molecule has 3 aromatic rings. The van der Waals surface area contributed by atoms with Crippen molar-refractivity contribution in [2.75, 3.05) is 44.2 Å². The second kappa shape index (κ2) is 9.58. The Morgan fingerprint density at radius 2 is 1.73 bits per heavy atom. The Hall–Kier alpha value is -3.45. The third kappa shape index (κ3) is 4.83. The first-order valence-electron chi connectivity index (χ1n) is 11.3. The highest BCUT2D eigenvalue weighted by Gasteiger charge is 2.29. The number of aromatic nitrogens is 1. The molecule has 3 heterocycles. The van der Waals surface area contributed by atoms with Crippen LogP contribution in [-0.2, 0) is 11.3 Å². The van der Waals surface area contributed by atoms with Crippen molar-refractivity contribution in [3.63, 3.8) is 0 Å². The fraction of sp³-hybridized carbons (Fsp3) is 0.308. The van der Waals surface area contributed by atoms with Crippen LogP contribution in [0.15, 0.2) is 72.9 Å². The summed E-state index contributed by atoms with van der Waals surface area (Å²) >= 11 is 0. The molecule has 33 heavy (non-hydrogen) atoms. The van der Waals surface area contributed by atoms with Gasteiger partial charge in [0.25, 0.3) is 0 Å². The third-order valence-electron chi connectivity index (χ3n) is 6.28. The summed E-state index contributed by atoms with van der Waals surface area (Å²) in [6.07, 6.45) is 1.31. The second-order valence-corrected chi connectivity index (χ2v) is 8.46. The molecule has 1 unspecified atom stereocenters. The van der Waals surface area contributed by atoms with Crippen molar-refractivity contribution in [3.8, 4) is 5.75 Å². The van der Waals surface area contributed by atoms with Crippen molar-refractivity contribution < 1.29 is 13.9 Å². The van der Waals surface area contributed by atoms with E-state index in [0.29, 0.717) is 31.7 Å². The quantitative estimate of drug-likeness (QED) is 0.614. The summed E-state index contributed by atoms with van der Waals surface area (Å²) in [6.45, 7) is 4.13. The highest BCUT2D eigenvalue weighted by Crippen LogP contribution is 2.32. The van der Waals surface area contributed by atoms with E-state index in [0.717, 1.165) is 30.2 Å². The molecule has 1 fully saturated rings. The van der Waals surface area contributed by atoms with Gasteiger partial charge in [-0.05, 0) is 24.3 Å². The normalized spacial score (nSPS) is 18.9. The number of carbonyl (C=O) groups is 1. The summed E-state index contributed by atoms with van der Waals surface area (Å²) in [6, 6.07) is 20.4. The molecule has 2 aliphatic heterocycles. The largest absolute Gasteiger partial charge is 0.484 e. The number of carbonyl (C=O) groups excluding carboxylic acids is 1. The molecule has 6 nitrogen and oxygen atoms in total. The van der Waals surface area contributed by atoms with Crippen molar-refractivity contribution >= 4 is 11.7 Å². The van der Waals surface area contributed by atoms with Crippen LogP contribution in [0.2, 0.25) is 0 Å². The van der Waals surface area contributed by atoms with Crippen molar-refractivity contribution in [2.24, 2.45) is 0 Å². The molecule has 0 radical (unpaired) electrons. The van der Waals surface area contributed by atoms with Gasteiger partial charge in [-0.2, -0.15) is 0 Å². The molecule has 0 aliphatic carbocycles. The van der Waals surface area contributed by atoms with Crippen molar-refractivity contribution in [1.29, 1.82) is 0 Å². The van der Waals surface area contributed by atoms with Crippen LogP contribution < -0.4 is 9.64 Å². The number of para-hydroxylation sites is 1. The Labute approximate surface area is 193 Å². The fourth-order valence-corrected chi connectivity index (χ4v) is 4.52. The fourth-order valence-electron chi connectivity index (χ4n) is 4.52. The van der Waals surface area contributed by atoms with Gasteiger partial charge in [0.05, 0.1) is 6.54 Å². The van der Waals surface area contributed by atoms with Gasteiger partial charge < -0.3 is 14.5 Å². The Bertz CT molecular complexity index is 1100. The van der Waals surface area contributed by atoms with Gasteiger partial charge in [0, 0.05) is 56.6 Å². The van der Waals surface area contributed by atoms with E-state index in [1.165, 1.54) is 6.07 Å². The van der Waals surface area contributed by atoms with Gasteiger partial charge in [-0.25, -0.2) is 9.37 Å². The van der Waals surface area contributed by atoms with Crippen LogP contribution in [0, 0.1) is 5.82 Å². The Morgan fingerprint density at radius 1 is 0.970 bits per heavy atom. The van der Waals surface area contributed by atoms with Gasteiger partial charge in [0.2, 0.25) is 5.91 Å². The number of fused-ring (bicyclic) bond motifs is 1. The first-order valence-corrected chi connectivity index (χ1v) is 11.3. The summed E-state index contributed by atoms with van der Waals surface area (Å²) in [5.74, 6) is 1.48. The van der Waals surface area contributed by atoms with Crippen LogP contribution in [0.1, 0.15) is 17.2 Å². The molecular weight excluding hydrogens is 419 g/mol. The maximum absolute atomic E-state index is 14.6. The second-order valence-electron chi connectivity index (χ2n) is 8.46. The van der Waals surface area contributed by atoms with Crippen molar-refractivity contribution in [3.05, 3.63) is 89.9 Å². The molecule has 0 saturated carbocycles. The van der Waals surface area contributed by atoms with Crippen molar-refractivity contribution in [1.82, 2.24) is 14.8 Å². The minimum absolute atomic E-state index is 0.0855. The zero-order valence-electron chi connectivity index (χ0n) is 18.4. The number of hydrogen-bond acceptors (Lipinski definition) is 5. The number of anilines is 1. The molecular formula is C26H27FN4O2. The van der Waals surface area contributed by atoms with Crippen molar-refractivity contribution in [2.45, 2.75) is 12.6 Å². The maximum atomic E-state index is 14.6. The average Bonchev–Trinajstić information content (AvgIpc) is 3.04. The van der Waals surface area contributed by atoms with Gasteiger partial charge in [-0.3, -0.25) is 9.69 Å². The highest BCUT2D eigenvalue weighted by atomic mass is 19.1. The van der Waals surface area contributed by atoms with E-state index in [1.54, 1.807) is 18.3 Å². The predicted octanol–water partition coefficient (Wildman–Crippen LogP) is 3.51. The molecule has 1 amide bonds. The van der Waals surface area contributed by atoms with Gasteiger partial charge in [0.1, 0.15) is 23.5 Å². The first-order chi connectivity index (χ1) is 16.2. The summed E-state index contributed by atoms with van der Waals surface area (Å²) in [5.41, 5.74) is 1.51. The van der Waals surface area contributed by atoms with E-state index in [9.17, 15) is 9.18 Å². The van der Waals surface area contributed by atoms with Crippen LogP contribution in [-0.4, -0.2) is 60.0 Å². The van der Waals surface area contributed by atoms with Gasteiger partial charge in [0.15, 0.2) is 0 Å². The van der Waals surface area contributed by atoms with Gasteiger partial charge in [-0.15, -0.1) is 0 Å². The van der Waals surface area contributed by atoms with Crippen LogP contribution in [0.5, 0.6) is 5.75 Å². The number of ether oxygens (including phenoxy) is 1. The standard InChI is InChI=1S/C26H27FN4O2/c27-22-9-3-2-8-21(22)24-18-29(17-20-7-1-4-10-23(20)33-24)19-26(32)31-15-13-30(14-16-31)25-11-5-6-12-28-25/h1-12,24H,13-19H2. The maximum Gasteiger partial charge on any atom is 0.236 e. The topological polar surface area (TPSA) is 48.9 Å². The van der Waals surface area contributed by atoms with E-state index < -0.39 is 6.10 Å². The molecule has 1 aromatic heterocycles. The van der Waals surface area contributed by atoms with Crippen LogP contribution in [0.3, 0.4) is 0 Å². The van der Waals surface area contributed by atoms with E-state index in [1.807, 2.05) is 53.4 Å². The number of hydrogen-bond donors (Lipinski definition) is 0. The number of pyridine rings is 1. The minimum Gasteiger partial charge on any atom is -0.484 e. The zero-order chi connectivity index (χ0) is 22.6. The van der Waals surface area contributed by atoms with E-state index in [4.69, 9.17) is 4.74 Å². The number of piperazine rings is 1. The molecule has 0 bridgehead atoms. The lowest BCUT2D eigenvalue weighted by Gasteiger charge is -2.36. The molecule has 2 aliphatic rings. The smallest absolute Gasteiger partial charge is 0.236 e. The summed E-state index contributed by atoms with van der Waals surface area (Å²) < 4.78 is 20.8. The molecule has 1 saturated heterocycles. The molecule has 0 spiro atoms. The van der Waals surface area contributed by atoms with Gasteiger partial charge >= 0.3 is 0 Å². The molecule has 2 aromatic carbocycles. The average molecular weight is 447 g/mol. The van der Waals surface area contributed by atoms with Crippen LogP contribution >= 0.6 is 0 Å². The Kier molecular flexibility index (Phi) is 6.21. The number of rotatable bonds is 4. The van der Waals surface area contributed by atoms with E-state index in [2.05, 4.69) is 14.8 Å². The molecule has 170 valence electrons. The first kappa shape index (κ1) is 21.4. The predicted molar refractivity (Wildman–Crippen MR) is 125 cm³/mol. The van der Waals surface area contributed by atoms with E-state index >= 15 is 0 Å². The third-order valence-corrected chi connectivity index (χ3v) is 6.28. The van der Waals surface area contributed by atoms with Crippen LogP contribution in [0.4, 0.5) is 10.2 Å². The van der Waals surface area contributed by atoms with E-state index in [-0.39, 0.29) is 18.3 Å². The summed E-state index contributed by atoms with van der Waals surface area (Å²) in [7, 11) is 0. The lowest BCUT2D eigenvalue weighted by Crippen LogP contribution is -2.51. The summed E-state index contributed by atoms with van der Waals surface area (Å²) in [5, 5.41) is 0. The number of nitrogens with zero attached hydrogens (tertiary/aromatic N) is 4. The number of benzene rings is 2.